The predicted molar refractivity (Wildman–Crippen MR) is 123 cm³/mol. The standard InChI is InChI=1S/C24H30BrN3O/c1-28-23-16-21(29-15-5-3-2-4-14-26-17-18-6-7-18)12-13-22(23)24(27-28)19-8-10-20(25)11-9-19/h8-13,16,18,26H,2-7,14-15,17H2,1H3. The second kappa shape index (κ2) is 9.77. The van der Waals surface area contributed by atoms with E-state index in [1.165, 1.54) is 38.6 Å². The highest BCUT2D eigenvalue weighted by Crippen LogP contribution is 2.31. The highest BCUT2D eigenvalue weighted by Gasteiger charge is 2.19. The normalized spacial score (nSPS) is 13.9. The number of halogens is 1. The molecular weight excluding hydrogens is 426 g/mol. The van der Waals surface area contributed by atoms with Crippen LogP contribution in [-0.4, -0.2) is 29.5 Å². The van der Waals surface area contributed by atoms with Gasteiger partial charge < -0.3 is 10.1 Å². The Balaban J connectivity index is 1.25. The van der Waals surface area contributed by atoms with Crippen molar-refractivity contribution in [2.24, 2.45) is 13.0 Å². The minimum Gasteiger partial charge on any atom is -0.494 e. The van der Waals surface area contributed by atoms with Crippen molar-refractivity contribution < 1.29 is 4.74 Å². The van der Waals surface area contributed by atoms with Gasteiger partial charge in [-0.3, -0.25) is 4.68 Å². The van der Waals surface area contributed by atoms with E-state index in [0.29, 0.717) is 0 Å². The van der Waals surface area contributed by atoms with Crippen LogP contribution in [0.3, 0.4) is 0 Å². The summed E-state index contributed by atoms with van der Waals surface area (Å²) in [5, 5.41) is 9.45. The first kappa shape index (κ1) is 20.4. The highest BCUT2D eigenvalue weighted by molar-refractivity contribution is 9.10. The molecule has 1 N–H and O–H groups in total. The van der Waals surface area contributed by atoms with Crippen molar-refractivity contribution in [3.05, 3.63) is 46.9 Å². The molecule has 1 heterocycles. The van der Waals surface area contributed by atoms with Crippen molar-refractivity contribution in [3.8, 4) is 17.0 Å². The predicted octanol–water partition coefficient (Wildman–Crippen LogP) is 5.94. The Hall–Kier alpha value is -1.85. The highest BCUT2D eigenvalue weighted by atomic mass is 79.9. The number of ether oxygens (including phenoxy) is 1. The number of hydrogen-bond donors (Lipinski definition) is 1. The zero-order valence-corrected chi connectivity index (χ0v) is 18.7. The van der Waals surface area contributed by atoms with Gasteiger partial charge in [-0.15, -0.1) is 0 Å². The van der Waals surface area contributed by atoms with Crippen molar-refractivity contribution in [1.29, 1.82) is 0 Å². The molecule has 4 nitrogen and oxygen atoms in total. The number of aromatic nitrogens is 2. The molecule has 29 heavy (non-hydrogen) atoms. The third-order valence-electron chi connectivity index (χ3n) is 5.59. The van der Waals surface area contributed by atoms with Crippen molar-refractivity contribution in [2.45, 2.75) is 38.5 Å². The van der Waals surface area contributed by atoms with Crippen LogP contribution in [0.15, 0.2) is 46.9 Å². The lowest BCUT2D eigenvalue weighted by atomic mass is 10.1. The number of hydrogen-bond acceptors (Lipinski definition) is 3. The Morgan fingerprint density at radius 3 is 2.66 bits per heavy atom. The molecule has 154 valence electrons. The smallest absolute Gasteiger partial charge is 0.121 e. The van der Waals surface area contributed by atoms with Crippen molar-refractivity contribution in [1.82, 2.24) is 15.1 Å². The Morgan fingerprint density at radius 2 is 1.86 bits per heavy atom. The fourth-order valence-corrected chi connectivity index (χ4v) is 3.94. The lowest BCUT2D eigenvalue weighted by Crippen LogP contribution is -2.17. The minimum absolute atomic E-state index is 0.776. The van der Waals surface area contributed by atoms with Gasteiger partial charge in [-0.2, -0.15) is 5.10 Å². The summed E-state index contributed by atoms with van der Waals surface area (Å²) in [6, 6.07) is 14.6. The lowest BCUT2D eigenvalue weighted by molar-refractivity contribution is 0.305. The number of rotatable bonds is 11. The van der Waals surface area contributed by atoms with Crippen LogP contribution in [0.2, 0.25) is 0 Å². The van der Waals surface area contributed by atoms with E-state index in [9.17, 15) is 0 Å². The van der Waals surface area contributed by atoms with Crippen LogP contribution in [0.1, 0.15) is 38.5 Å². The Kier molecular flexibility index (Phi) is 6.88. The molecule has 1 aliphatic carbocycles. The SMILES string of the molecule is Cn1nc(-c2ccc(Br)cc2)c2ccc(OCCCCCCNCC3CC3)cc21. The summed E-state index contributed by atoms with van der Waals surface area (Å²) in [7, 11) is 1.99. The van der Waals surface area contributed by atoms with Gasteiger partial charge in [-0.05, 0) is 69.0 Å². The number of nitrogens with zero attached hydrogens (tertiary/aromatic N) is 2. The number of unbranched alkanes of at least 4 members (excludes halogenated alkanes) is 3. The second-order valence-electron chi connectivity index (χ2n) is 8.07. The van der Waals surface area contributed by atoms with Crippen molar-refractivity contribution in [3.63, 3.8) is 0 Å². The van der Waals surface area contributed by atoms with Crippen LogP contribution in [0.5, 0.6) is 5.75 Å². The number of fused-ring (bicyclic) bond motifs is 1. The monoisotopic (exact) mass is 455 g/mol. The fraction of sp³-hybridized carbons (Fsp3) is 0.458. The summed E-state index contributed by atoms with van der Waals surface area (Å²) in [5.74, 6) is 1.90. The number of benzene rings is 2. The molecule has 0 amide bonds. The van der Waals surface area contributed by atoms with Gasteiger partial charge in [0.25, 0.3) is 0 Å². The summed E-state index contributed by atoms with van der Waals surface area (Å²) in [5.41, 5.74) is 3.23. The Bertz CT molecular complexity index is 931. The van der Waals surface area contributed by atoms with Gasteiger partial charge in [0.2, 0.25) is 0 Å². The molecule has 3 aromatic rings. The molecule has 0 unspecified atom stereocenters. The van der Waals surface area contributed by atoms with Crippen LogP contribution in [0.4, 0.5) is 0 Å². The number of nitrogens with one attached hydrogen (secondary N) is 1. The van der Waals surface area contributed by atoms with Crippen LogP contribution < -0.4 is 10.1 Å². The molecule has 0 atom stereocenters. The summed E-state index contributed by atoms with van der Waals surface area (Å²) < 4.78 is 9.02. The average Bonchev–Trinajstić information content (AvgIpc) is 3.50. The molecule has 1 aliphatic rings. The maximum atomic E-state index is 6.00. The van der Waals surface area contributed by atoms with E-state index in [-0.39, 0.29) is 0 Å². The molecular formula is C24H30BrN3O. The molecule has 1 aromatic heterocycles. The third kappa shape index (κ3) is 5.61. The number of aryl methyl sites for hydroxylation is 1. The van der Waals surface area contributed by atoms with Crippen LogP contribution in [0.25, 0.3) is 22.2 Å². The molecule has 0 bridgehead atoms. The first-order valence-electron chi connectivity index (χ1n) is 10.8. The van der Waals surface area contributed by atoms with Gasteiger partial charge in [0.15, 0.2) is 0 Å². The quantitative estimate of drug-likeness (QED) is 0.363. The summed E-state index contributed by atoms with van der Waals surface area (Å²) in [4.78, 5) is 0. The maximum Gasteiger partial charge on any atom is 0.121 e. The van der Waals surface area contributed by atoms with Gasteiger partial charge in [0, 0.05) is 28.5 Å². The van der Waals surface area contributed by atoms with Gasteiger partial charge in [-0.25, -0.2) is 0 Å². The summed E-state index contributed by atoms with van der Waals surface area (Å²) in [6.07, 6.45) is 7.74. The van der Waals surface area contributed by atoms with Crippen molar-refractivity contribution in [2.75, 3.05) is 19.7 Å². The van der Waals surface area contributed by atoms with Crippen LogP contribution >= 0.6 is 15.9 Å². The largest absolute Gasteiger partial charge is 0.494 e. The molecule has 1 saturated carbocycles. The van der Waals surface area contributed by atoms with Crippen molar-refractivity contribution >= 4 is 26.8 Å². The summed E-state index contributed by atoms with van der Waals surface area (Å²) >= 11 is 3.50. The fourth-order valence-electron chi connectivity index (χ4n) is 3.67. The van der Waals surface area contributed by atoms with Crippen LogP contribution in [-0.2, 0) is 7.05 Å². The average molecular weight is 456 g/mol. The molecule has 2 aromatic carbocycles. The van der Waals surface area contributed by atoms with Gasteiger partial charge >= 0.3 is 0 Å². The van der Waals surface area contributed by atoms with Gasteiger partial charge in [0.1, 0.15) is 11.4 Å². The van der Waals surface area contributed by atoms with E-state index in [1.807, 2.05) is 11.7 Å². The maximum absolute atomic E-state index is 6.00. The molecule has 5 heteroatoms. The second-order valence-corrected chi connectivity index (χ2v) is 8.98. The lowest BCUT2D eigenvalue weighted by Gasteiger charge is -2.07. The molecule has 0 radical (unpaired) electrons. The first-order valence-corrected chi connectivity index (χ1v) is 11.6. The van der Waals surface area contributed by atoms with E-state index in [4.69, 9.17) is 9.84 Å². The molecule has 1 fully saturated rings. The van der Waals surface area contributed by atoms with E-state index in [1.54, 1.807) is 0 Å². The van der Waals surface area contributed by atoms with E-state index >= 15 is 0 Å². The Morgan fingerprint density at radius 1 is 1.07 bits per heavy atom. The van der Waals surface area contributed by atoms with E-state index < -0.39 is 0 Å². The Labute approximate surface area is 181 Å². The molecule has 4 rings (SSSR count). The molecule has 0 spiro atoms. The summed E-state index contributed by atoms with van der Waals surface area (Å²) in [6.45, 7) is 3.16. The van der Waals surface area contributed by atoms with Crippen LogP contribution in [0, 0.1) is 5.92 Å². The molecule has 0 saturated heterocycles. The van der Waals surface area contributed by atoms with E-state index in [0.717, 1.165) is 57.9 Å². The zero-order chi connectivity index (χ0) is 20.1. The van der Waals surface area contributed by atoms with Gasteiger partial charge in [-0.1, -0.05) is 40.9 Å². The molecule has 0 aliphatic heterocycles. The third-order valence-corrected chi connectivity index (χ3v) is 6.12. The first-order chi connectivity index (χ1) is 14.2. The zero-order valence-electron chi connectivity index (χ0n) is 17.2. The van der Waals surface area contributed by atoms with E-state index in [2.05, 4.69) is 63.7 Å². The topological polar surface area (TPSA) is 39.1 Å². The minimum atomic E-state index is 0.776. The van der Waals surface area contributed by atoms with Gasteiger partial charge in [0.05, 0.1) is 12.1 Å².